The van der Waals surface area contributed by atoms with Crippen LogP contribution in [0.15, 0.2) is 5.11 Å². The van der Waals surface area contributed by atoms with Crippen LogP contribution in [0.25, 0.3) is 10.4 Å². The molecule has 0 aromatic rings. The molecule has 3 nitrogen and oxygen atoms in total. The molecule has 0 aromatic heterocycles. The quantitative estimate of drug-likeness (QED) is 0.262. The molecule has 0 unspecified atom stereocenters. The summed E-state index contributed by atoms with van der Waals surface area (Å²) in [5.74, 6) is 0.898. The Hall–Kier alpha value is -0.625. The van der Waals surface area contributed by atoms with Gasteiger partial charge in [-0.15, -0.1) is 0 Å². The van der Waals surface area contributed by atoms with Gasteiger partial charge in [-0.05, 0) is 11.4 Å². The van der Waals surface area contributed by atoms with Gasteiger partial charge in [0.2, 0.25) is 0 Å². The standard InChI is InChI=1S/C6H14.CH3B.CH3N3/c1-4-5-6(2)3;1-2;1-3-4-2/h6H,4-5H2,1-3H3;1H3;1H3. The predicted octanol–water partition coefficient (Wildman–Crippen LogP) is 3.57. The summed E-state index contributed by atoms with van der Waals surface area (Å²) in [4.78, 5) is 2.36. The lowest BCUT2D eigenvalue weighted by Gasteiger charge is -1.95. The van der Waals surface area contributed by atoms with Gasteiger partial charge in [0.1, 0.15) is 0 Å². The Morgan fingerprint density at radius 2 is 1.75 bits per heavy atom. The topological polar surface area (TPSA) is 48.8 Å². The molecular weight excluding hydrogens is 149 g/mol. The third-order valence-electron chi connectivity index (χ3n) is 0.955. The van der Waals surface area contributed by atoms with Crippen LogP contribution in [0.3, 0.4) is 0 Å². The fraction of sp³-hybridized carbons (Fsp3) is 1.00. The molecule has 0 atom stereocenters. The van der Waals surface area contributed by atoms with E-state index in [9.17, 15) is 0 Å². The van der Waals surface area contributed by atoms with E-state index < -0.39 is 0 Å². The second-order valence-corrected chi connectivity index (χ2v) is 2.47. The largest absolute Gasteiger partial charge is 0.0999 e. The first kappa shape index (κ1) is 17.5. The molecule has 0 aliphatic heterocycles. The lowest BCUT2D eigenvalue weighted by Crippen LogP contribution is -1.81. The molecule has 0 heterocycles. The molecule has 0 rings (SSSR count). The van der Waals surface area contributed by atoms with E-state index in [0.717, 1.165) is 5.92 Å². The number of hydrogen-bond donors (Lipinski definition) is 0. The molecule has 2 radical (unpaired) electrons. The van der Waals surface area contributed by atoms with Crippen LogP contribution in [-0.4, -0.2) is 14.9 Å². The molecule has 0 aromatic carbocycles. The van der Waals surface area contributed by atoms with E-state index in [0.29, 0.717) is 0 Å². The summed E-state index contributed by atoms with van der Waals surface area (Å²) in [6.45, 7) is 8.23. The van der Waals surface area contributed by atoms with Crippen molar-refractivity contribution in [2.24, 2.45) is 11.0 Å². The first-order chi connectivity index (χ1) is 5.68. The maximum atomic E-state index is 7.33. The van der Waals surface area contributed by atoms with Crippen molar-refractivity contribution in [3.63, 3.8) is 0 Å². The van der Waals surface area contributed by atoms with Gasteiger partial charge >= 0.3 is 0 Å². The molecule has 0 saturated carbocycles. The monoisotopic (exact) mass is 169 g/mol. The fourth-order valence-corrected chi connectivity index (χ4v) is 0.577. The zero-order chi connectivity index (χ0) is 10.4. The summed E-state index contributed by atoms with van der Waals surface area (Å²) >= 11 is 0. The van der Waals surface area contributed by atoms with Crippen LogP contribution in [-0.2, 0) is 0 Å². The predicted molar refractivity (Wildman–Crippen MR) is 56.4 cm³/mol. The van der Waals surface area contributed by atoms with Crippen molar-refractivity contribution in [2.75, 3.05) is 7.05 Å². The van der Waals surface area contributed by atoms with Gasteiger partial charge in [-0.2, -0.15) is 0 Å². The molecule has 70 valence electrons. The average Bonchev–Trinajstić information content (AvgIpc) is 2.08. The van der Waals surface area contributed by atoms with E-state index in [4.69, 9.17) is 5.53 Å². The van der Waals surface area contributed by atoms with Crippen LogP contribution < -0.4 is 0 Å². The molecule has 0 bridgehead atoms. The van der Waals surface area contributed by atoms with Crippen molar-refractivity contribution in [1.29, 1.82) is 0 Å². The highest BCUT2D eigenvalue weighted by Crippen LogP contribution is 2.00. The Morgan fingerprint density at radius 1 is 1.42 bits per heavy atom. The number of hydrogen-bond acceptors (Lipinski definition) is 1. The minimum atomic E-state index is 0.898. The van der Waals surface area contributed by atoms with Crippen LogP contribution in [0.5, 0.6) is 0 Å². The highest BCUT2D eigenvalue weighted by molar-refractivity contribution is 6.05. The maximum absolute atomic E-state index is 7.33. The maximum Gasteiger partial charge on any atom is 0.0606 e. The van der Waals surface area contributed by atoms with E-state index in [1.54, 1.807) is 0 Å². The zero-order valence-electron chi connectivity index (χ0n) is 8.91. The molecule has 0 aliphatic carbocycles. The number of nitrogens with zero attached hydrogens (tertiary/aromatic N) is 3. The summed E-state index contributed by atoms with van der Waals surface area (Å²) in [5.41, 5.74) is 7.33. The van der Waals surface area contributed by atoms with Gasteiger partial charge < -0.3 is 0 Å². The molecule has 12 heavy (non-hydrogen) atoms. The van der Waals surface area contributed by atoms with Gasteiger partial charge in [0.05, 0.1) is 7.85 Å². The van der Waals surface area contributed by atoms with Crippen LogP contribution in [0.1, 0.15) is 33.6 Å². The van der Waals surface area contributed by atoms with Gasteiger partial charge in [-0.1, -0.05) is 45.6 Å². The Balaban J connectivity index is -0.000000118. The van der Waals surface area contributed by atoms with Crippen LogP contribution in [0.2, 0.25) is 6.82 Å². The van der Waals surface area contributed by atoms with Gasteiger partial charge in [0, 0.05) is 12.0 Å². The SMILES string of the molecule is CCCC(C)C.CN=[N+]=[N-].[B]C. The molecule has 0 spiro atoms. The lowest BCUT2D eigenvalue weighted by molar-refractivity contribution is 0.576. The van der Waals surface area contributed by atoms with Gasteiger partial charge in [-0.3, -0.25) is 0 Å². The van der Waals surface area contributed by atoms with Crippen molar-refractivity contribution in [1.82, 2.24) is 0 Å². The van der Waals surface area contributed by atoms with Gasteiger partial charge in [0.15, 0.2) is 0 Å². The molecule has 0 fully saturated rings. The highest BCUT2D eigenvalue weighted by Gasteiger charge is 1.85. The van der Waals surface area contributed by atoms with Gasteiger partial charge in [0.25, 0.3) is 0 Å². The molecule has 0 saturated heterocycles. The molecular formula is C8H20BN3. The van der Waals surface area contributed by atoms with E-state index in [1.807, 2.05) is 0 Å². The third-order valence-corrected chi connectivity index (χ3v) is 0.955. The second-order valence-electron chi connectivity index (χ2n) is 2.47. The van der Waals surface area contributed by atoms with Crippen LogP contribution >= 0.6 is 0 Å². The van der Waals surface area contributed by atoms with E-state index in [-0.39, 0.29) is 0 Å². The van der Waals surface area contributed by atoms with E-state index >= 15 is 0 Å². The van der Waals surface area contributed by atoms with Crippen molar-refractivity contribution in [3.05, 3.63) is 10.4 Å². The first-order valence-corrected chi connectivity index (χ1v) is 4.19. The fourth-order valence-electron chi connectivity index (χ4n) is 0.577. The summed E-state index contributed by atoms with van der Waals surface area (Å²) in [6, 6.07) is 0. The van der Waals surface area contributed by atoms with Crippen LogP contribution in [0.4, 0.5) is 0 Å². The summed E-state index contributed by atoms with van der Waals surface area (Å²) in [7, 11) is 5.89. The summed E-state index contributed by atoms with van der Waals surface area (Å²) < 4.78 is 0. The van der Waals surface area contributed by atoms with Gasteiger partial charge in [-0.25, -0.2) is 0 Å². The normalized spacial score (nSPS) is 6.83. The minimum absolute atomic E-state index is 0.898. The van der Waals surface area contributed by atoms with Crippen LogP contribution in [0, 0.1) is 5.92 Å². The molecule has 0 aliphatic rings. The minimum Gasteiger partial charge on any atom is -0.0999 e. The number of rotatable bonds is 2. The number of azide groups is 1. The van der Waals surface area contributed by atoms with Crippen molar-refractivity contribution in [2.45, 2.75) is 40.4 Å². The average molecular weight is 169 g/mol. The van der Waals surface area contributed by atoms with Crippen molar-refractivity contribution in [3.8, 4) is 0 Å². The zero-order valence-corrected chi connectivity index (χ0v) is 8.91. The Kier molecular flexibility index (Phi) is 32.6. The van der Waals surface area contributed by atoms with E-state index in [2.05, 4.69) is 38.6 Å². The Labute approximate surface area is 77.6 Å². The third kappa shape index (κ3) is 57.7. The van der Waals surface area contributed by atoms with Crippen molar-refractivity contribution >= 4 is 7.85 Å². The lowest BCUT2D eigenvalue weighted by atomic mass is 10.1. The Morgan fingerprint density at radius 3 is 1.75 bits per heavy atom. The first-order valence-electron chi connectivity index (χ1n) is 4.19. The summed E-state index contributed by atoms with van der Waals surface area (Å²) in [6.07, 6.45) is 2.71. The smallest absolute Gasteiger partial charge is 0.0606 e. The molecule has 0 N–H and O–H groups in total. The molecule has 4 heteroatoms. The summed E-state index contributed by atoms with van der Waals surface area (Å²) in [5, 5.41) is 2.92. The van der Waals surface area contributed by atoms with E-state index in [1.165, 1.54) is 26.7 Å². The highest BCUT2D eigenvalue weighted by atomic mass is 15.1. The van der Waals surface area contributed by atoms with Crippen molar-refractivity contribution < 1.29 is 0 Å². The second kappa shape index (κ2) is 22.4. The Bertz CT molecular complexity index is 98.5. The molecule has 0 amide bonds.